The van der Waals surface area contributed by atoms with E-state index in [-0.39, 0.29) is 17.9 Å². The molecule has 1 aliphatic rings. The van der Waals surface area contributed by atoms with Gasteiger partial charge in [0.05, 0.1) is 13.2 Å². The topological polar surface area (TPSA) is 58.6 Å². The van der Waals surface area contributed by atoms with Crippen molar-refractivity contribution < 1.29 is 14.3 Å². The molecule has 5 nitrogen and oxygen atoms in total. The molecule has 0 bridgehead atoms. The molecule has 2 amide bonds. The number of carbonyl (C=O) groups is 2. The van der Waals surface area contributed by atoms with Crippen LogP contribution in [0.1, 0.15) is 47.3 Å². The second kappa shape index (κ2) is 8.74. The largest absolute Gasteiger partial charge is 0.497 e. The lowest BCUT2D eigenvalue weighted by molar-refractivity contribution is -0.126. The second-order valence-electron chi connectivity index (χ2n) is 7.10. The van der Waals surface area contributed by atoms with Crippen LogP contribution < -0.4 is 10.1 Å². The molecular weight excluding hydrogens is 352 g/mol. The van der Waals surface area contributed by atoms with Crippen molar-refractivity contribution in [1.82, 2.24) is 10.2 Å². The molecule has 0 spiro atoms. The van der Waals surface area contributed by atoms with Crippen LogP contribution in [0.15, 0.2) is 54.6 Å². The third-order valence-electron chi connectivity index (χ3n) is 5.03. The number of hydrogen-bond donors (Lipinski definition) is 1. The van der Waals surface area contributed by atoms with Crippen LogP contribution in [-0.2, 0) is 4.79 Å². The summed E-state index contributed by atoms with van der Waals surface area (Å²) < 4.78 is 5.17. The van der Waals surface area contributed by atoms with Gasteiger partial charge < -0.3 is 15.0 Å². The van der Waals surface area contributed by atoms with Gasteiger partial charge in [-0.15, -0.1) is 0 Å². The van der Waals surface area contributed by atoms with E-state index in [0.717, 1.165) is 29.7 Å². The van der Waals surface area contributed by atoms with Crippen LogP contribution in [-0.4, -0.2) is 36.9 Å². The smallest absolute Gasteiger partial charge is 0.251 e. The Labute approximate surface area is 166 Å². The summed E-state index contributed by atoms with van der Waals surface area (Å²) in [6, 6.07) is 15.2. The third-order valence-corrected chi connectivity index (χ3v) is 5.03. The fourth-order valence-corrected chi connectivity index (χ4v) is 2.82. The first-order chi connectivity index (χ1) is 13.5. The minimum atomic E-state index is -0.0844. The summed E-state index contributed by atoms with van der Waals surface area (Å²) in [6.45, 7) is 1.99. The van der Waals surface area contributed by atoms with E-state index in [0.29, 0.717) is 11.6 Å². The average molecular weight is 378 g/mol. The molecule has 2 aromatic rings. The molecule has 1 aliphatic carbocycles. The molecule has 1 fully saturated rings. The predicted octanol–water partition coefficient (Wildman–Crippen LogP) is 3.82. The maximum absolute atomic E-state index is 12.5. The van der Waals surface area contributed by atoms with Gasteiger partial charge in [0.1, 0.15) is 5.75 Å². The van der Waals surface area contributed by atoms with Crippen molar-refractivity contribution in [2.24, 2.45) is 0 Å². The number of hydrogen-bond acceptors (Lipinski definition) is 3. The molecule has 1 atom stereocenters. The molecule has 5 heteroatoms. The highest BCUT2D eigenvalue weighted by atomic mass is 16.5. The molecule has 2 aromatic carbocycles. The van der Waals surface area contributed by atoms with Gasteiger partial charge in [-0.3, -0.25) is 9.59 Å². The Morgan fingerprint density at radius 3 is 2.32 bits per heavy atom. The van der Waals surface area contributed by atoms with Gasteiger partial charge in [0.15, 0.2) is 0 Å². The fraction of sp³-hybridized carbons (Fsp3) is 0.304. The first kappa shape index (κ1) is 19.7. The minimum Gasteiger partial charge on any atom is -0.497 e. The highest BCUT2D eigenvalue weighted by Gasteiger charge is 2.23. The van der Waals surface area contributed by atoms with Crippen molar-refractivity contribution in [3.8, 4) is 5.75 Å². The molecule has 0 aliphatic heterocycles. The summed E-state index contributed by atoms with van der Waals surface area (Å²) in [5, 5.41) is 2.96. The number of methoxy groups -OCH3 is 1. The lowest BCUT2D eigenvalue weighted by Crippen LogP contribution is -2.27. The zero-order valence-corrected chi connectivity index (χ0v) is 16.5. The van der Waals surface area contributed by atoms with Crippen molar-refractivity contribution >= 4 is 17.9 Å². The van der Waals surface area contributed by atoms with Gasteiger partial charge in [-0.25, -0.2) is 0 Å². The monoisotopic (exact) mass is 378 g/mol. The van der Waals surface area contributed by atoms with Gasteiger partial charge in [-0.1, -0.05) is 24.3 Å². The van der Waals surface area contributed by atoms with E-state index >= 15 is 0 Å². The Kier molecular flexibility index (Phi) is 6.14. The molecule has 3 rings (SSSR count). The molecule has 146 valence electrons. The number of benzene rings is 2. The molecular formula is C23H26N2O3. The molecule has 0 aromatic heterocycles. The van der Waals surface area contributed by atoms with Gasteiger partial charge in [-0.2, -0.15) is 0 Å². The van der Waals surface area contributed by atoms with Crippen LogP contribution in [0.4, 0.5) is 0 Å². The summed E-state index contributed by atoms with van der Waals surface area (Å²) in [7, 11) is 3.41. The van der Waals surface area contributed by atoms with Crippen molar-refractivity contribution in [3.05, 3.63) is 71.3 Å². The van der Waals surface area contributed by atoms with E-state index < -0.39 is 0 Å². The van der Waals surface area contributed by atoms with Crippen molar-refractivity contribution in [1.29, 1.82) is 0 Å². The highest BCUT2D eigenvalue weighted by Crippen LogP contribution is 2.22. The molecule has 0 radical (unpaired) electrons. The van der Waals surface area contributed by atoms with Gasteiger partial charge in [0, 0.05) is 24.7 Å². The summed E-state index contributed by atoms with van der Waals surface area (Å²) in [6.07, 6.45) is 5.45. The lowest BCUT2D eigenvalue weighted by Gasteiger charge is -2.24. The van der Waals surface area contributed by atoms with Crippen LogP contribution in [0.3, 0.4) is 0 Å². The Balaban J connectivity index is 1.59. The van der Waals surface area contributed by atoms with Gasteiger partial charge >= 0.3 is 0 Å². The summed E-state index contributed by atoms with van der Waals surface area (Å²) >= 11 is 0. The van der Waals surface area contributed by atoms with Crippen LogP contribution in [0.5, 0.6) is 5.75 Å². The summed E-state index contributed by atoms with van der Waals surface area (Å²) in [4.78, 5) is 26.2. The summed E-state index contributed by atoms with van der Waals surface area (Å²) in [5.74, 6) is 0.667. The average Bonchev–Trinajstić information content (AvgIpc) is 3.55. The van der Waals surface area contributed by atoms with Crippen molar-refractivity contribution in [2.75, 3.05) is 14.2 Å². The second-order valence-corrected chi connectivity index (χ2v) is 7.10. The van der Waals surface area contributed by atoms with Crippen molar-refractivity contribution in [2.45, 2.75) is 31.8 Å². The molecule has 28 heavy (non-hydrogen) atoms. The Morgan fingerprint density at radius 2 is 1.75 bits per heavy atom. The number of ether oxygens (including phenoxy) is 1. The number of amides is 2. The van der Waals surface area contributed by atoms with Crippen LogP contribution >= 0.6 is 0 Å². The van der Waals surface area contributed by atoms with E-state index in [1.165, 1.54) is 0 Å². The SMILES string of the molecule is COc1ccc(C(C)N(C)C(=O)/C=C/c2ccc(C(=O)NC3CC3)cc2)cc1. The van der Waals surface area contributed by atoms with Crippen molar-refractivity contribution in [3.63, 3.8) is 0 Å². The van der Waals surface area contributed by atoms with E-state index in [4.69, 9.17) is 4.74 Å². The first-order valence-corrected chi connectivity index (χ1v) is 9.47. The maximum Gasteiger partial charge on any atom is 0.251 e. The Hall–Kier alpha value is -3.08. The van der Waals surface area contributed by atoms with Gasteiger partial charge in [0.2, 0.25) is 5.91 Å². The number of nitrogens with zero attached hydrogens (tertiary/aromatic N) is 1. The molecule has 1 N–H and O–H groups in total. The number of nitrogens with one attached hydrogen (secondary N) is 1. The van der Waals surface area contributed by atoms with E-state index in [9.17, 15) is 9.59 Å². The number of rotatable bonds is 7. The summed E-state index contributed by atoms with van der Waals surface area (Å²) in [5.41, 5.74) is 2.55. The molecule has 0 saturated heterocycles. The van der Waals surface area contributed by atoms with E-state index in [1.807, 2.05) is 43.3 Å². The highest BCUT2D eigenvalue weighted by molar-refractivity contribution is 5.95. The number of likely N-dealkylation sites (N-methyl/N-ethyl adjacent to an activating group) is 1. The van der Waals surface area contributed by atoms with Crippen LogP contribution in [0.25, 0.3) is 6.08 Å². The van der Waals surface area contributed by atoms with E-state index in [2.05, 4.69) is 5.32 Å². The van der Waals surface area contributed by atoms with E-state index in [1.54, 1.807) is 43.3 Å². The fourth-order valence-electron chi connectivity index (χ4n) is 2.82. The third kappa shape index (κ3) is 5.00. The van der Waals surface area contributed by atoms with Crippen LogP contribution in [0.2, 0.25) is 0 Å². The van der Waals surface area contributed by atoms with Gasteiger partial charge in [-0.05, 0) is 61.2 Å². The Bertz CT molecular complexity index is 852. The van der Waals surface area contributed by atoms with Crippen LogP contribution in [0, 0.1) is 0 Å². The first-order valence-electron chi connectivity index (χ1n) is 9.47. The zero-order valence-electron chi connectivity index (χ0n) is 16.5. The lowest BCUT2D eigenvalue weighted by atomic mass is 10.1. The predicted molar refractivity (Wildman–Crippen MR) is 110 cm³/mol. The normalized spacial score (nSPS) is 14.5. The quantitative estimate of drug-likeness (QED) is 0.745. The molecule has 1 saturated carbocycles. The zero-order chi connectivity index (χ0) is 20.1. The number of carbonyl (C=O) groups excluding carboxylic acids is 2. The Morgan fingerprint density at radius 1 is 1.11 bits per heavy atom. The maximum atomic E-state index is 12.5. The standard InChI is InChI=1S/C23H26N2O3/c1-16(18-9-13-21(28-3)14-10-18)25(2)22(26)15-6-17-4-7-19(8-5-17)23(27)24-20-11-12-20/h4-10,13-16,20H,11-12H2,1-3H3,(H,24,27)/b15-6+. The minimum absolute atomic E-state index is 0.0397. The molecule has 0 heterocycles. The molecule has 1 unspecified atom stereocenters. The van der Waals surface area contributed by atoms with Gasteiger partial charge in [0.25, 0.3) is 5.91 Å².